The average Bonchev–Trinajstić information content (AvgIpc) is 2.68. The second-order valence-electron chi connectivity index (χ2n) is 3.17. The molecule has 15 heavy (non-hydrogen) atoms. The highest BCUT2D eigenvalue weighted by molar-refractivity contribution is 7.14. The van der Waals surface area contributed by atoms with E-state index in [1.54, 1.807) is 17.5 Å². The van der Waals surface area contributed by atoms with Crippen molar-refractivity contribution >= 4 is 11.3 Å². The highest BCUT2D eigenvalue weighted by Crippen LogP contribution is 2.24. The lowest BCUT2D eigenvalue weighted by Crippen LogP contribution is -2.04. The van der Waals surface area contributed by atoms with E-state index in [9.17, 15) is 0 Å². The van der Waals surface area contributed by atoms with E-state index in [-0.39, 0.29) is 0 Å². The Kier molecular flexibility index (Phi) is 3.03. The summed E-state index contributed by atoms with van der Waals surface area (Å²) in [4.78, 5) is 4.23. The normalized spacial score (nSPS) is 10.5. The first-order valence-corrected chi connectivity index (χ1v) is 5.52. The van der Waals surface area contributed by atoms with Crippen molar-refractivity contribution in [2.75, 3.05) is 7.05 Å². The van der Waals surface area contributed by atoms with Gasteiger partial charge in [0.25, 0.3) is 0 Å². The SMILES string of the molecule is CNCc1nnc(-c2cccnc2C)s1. The highest BCUT2D eigenvalue weighted by atomic mass is 32.1. The minimum Gasteiger partial charge on any atom is -0.313 e. The van der Waals surface area contributed by atoms with Gasteiger partial charge in [-0.2, -0.15) is 0 Å². The summed E-state index contributed by atoms with van der Waals surface area (Å²) in [6, 6.07) is 3.94. The van der Waals surface area contributed by atoms with Gasteiger partial charge in [-0.3, -0.25) is 4.98 Å². The zero-order chi connectivity index (χ0) is 10.7. The first-order valence-electron chi connectivity index (χ1n) is 4.70. The fraction of sp³-hybridized carbons (Fsp3) is 0.300. The van der Waals surface area contributed by atoms with E-state index in [4.69, 9.17) is 0 Å². The molecule has 0 atom stereocenters. The lowest BCUT2D eigenvalue weighted by atomic mass is 10.2. The topological polar surface area (TPSA) is 50.7 Å². The Morgan fingerprint density at radius 2 is 2.27 bits per heavy atom. The second kappa shape index (κ2) is 4.46. The zero-order valence-corrected chi connectivity index (χ0v) is 9.51. The molecule has 2 aromatic rings. The lowest BCUT2D eigenvalue weighted by molar-refractivity contribution is 0.794. The van der Waals surface area contributed by atoms with E-state index < -0.39 is 0 Å². The van der Waals surface area contributed by atoms with Crippen LogP contribution in [0.5, 0.6) is 0 Å². The van der Waals surface area contributed by atoms with Crippen LogP contribution < -0.4 is 5.32 Å². The van der Waals surface area contributed by atoms with E-state index in [0.717, 1.165) is 27.8 Å². The first-order chi connectivity index (χ1) is 7.31. The Hall–Kier alpha value is -1.33. The molecular formula is C10H12N4S. The maximum Gasteiger partial charge on any atom is 0.149 e. The van der Waals surface area contributed by atoms with Crippen LogP contribution in [0.1, 0.15) is 10.7 Å². The molecule has 0 bridgehead atoms. The number of hydrogen-bond donors (Lipinski definition) is 1. The number of aromatic nitrogens is 3. The van der Waals surface area contributed by atoms with Crippen molar-refractivity contribution < 1.29 is 0 Å². The first kappa shape index (κ1) is 10.2. The number of nitrogens with zero attached hydrogens (tertiary/aromatic N) is 3. The molecular weight excluding hydrogens is 208 g/mol. The minimum atomic E-state index is 0.761. The molecule has 0 amide bonds. The number of rotatable bonds is 3. The summed E-state index contributed by atoms with van der Waals surface area (Å²) in [6.07, 6.45) is 1.79. The van der Waals surface area contributed by atoms with Gasteiger partial charge in [0, 0.05) is 24.0 Å². The molecule has 0 spiro atoms. The van der Waals surface area contributed by atoms with Crippen molar-refractivity contribution in [3.63, 3.8) is 0 Å². The maximum atomic E-state index is 4.23. The largest absolute Gasteiger partial charge is 0.313 e. The van der Waals surface area contributed by atoms with Crippen molar-refractivity contribution in [1.82, 2.24) is 20.5 Å². The summed E-state index contributed by atoms with van der Waals surface area (Å²) in [6.45, 7) is 2.74. The second-order valence-corrected chi connectivity index (χ2v) is 4.23. The molecule has 0 fully saturated rings. The van der Waals surface area contributed by atoms with Crippen LogP contribution in [-0.2, 0) is 6.54 Å². The van der Waals surface area contributed by atoms with Gasteiger partial charge in [-0.15, -0.1) is 10.2 Å². The molecule has 5 heteroatoms. The van der Waals surface area contributed by atoms with Crippen LogP contribution in [-0.4, -0.2) is 22.2 Å². The van der Waals surface area contributed by atoms with E-state index in [0.29, 0.717) is 0 Å². The third-order valence-electron chi connectivity index (χ3n) is 2.03. The fourth-order valence-electron chi connectivity index (χ4n) is 1.30. The van der Waals surface area contributed by atoms with Crippen molar-refractivity contribution in [3.8, 4) is 10.6 Å². The number of aryl methyl sites for hydroxylation is 1. The van der Waals surface area contributed by atoms with Crippen LogP contribution in [0.2, 0.25) is 0 Å². The summed E-state index contributed by atoms with van der Waals surface area (Å²) in [7, 11) is 1.90. The molecule has 0 aromatic carbocycles. The van der Waals surface area contributed by atoms with Crippen LogP contribution in [0, 0.1) is 6.92 Å². The highest BCUT2D eigenvalue weighted by Gasteiger charge is 2.08. The van der Waals surface area contributed by atoms with Crippen molar-refractivity contribution in [1.29, 1.82) is 0 Å². The molecule has 0 saturated heterocycles. The lowest BCUT2D eigenvalue weighted by Gasteiger charge is -1.97. The van der Waals surface area contributed by atoms with Crippen molar-refractivity contribution in [2.24, 2.45) is 0 Å². The van der Waals surface area contributed by atoms with Crippen LogP contribution in [0.25, 0.3) is 10.6 Å². The quantitative estimate of drug-likeness (QED) is 0.854. The van der Waals surface area contributed by atoms with Gasteiger partial charge < -0.3 is 5.32 Å². The Morgan fingerprint density at radius 3 is 3.00 bits per heavy atom. The predicted molar refractivity (Wildman–Crippen MR) is 60.6 cm³/mol. The predicted octanol–water partition coefficient (Wildman–Crippen LogP) is 1.63. The Bertz CT molecular complexity index is 452. The Morgan fingerprint density at radius 1 is 1.40 bits per heavy atom. The van der Waals surface area contributed by atoms with Crippen LogP contribution in [0.15, 0.2) is 18.3 Å². The van der Waals surface area contributed by atoms with Gasteiger partial charge in [0.15, 0.2) is 0 Å². The van der Waals surface area contributed by atoms with Crippen LogP contribution >= 0.6 is 11.3 Å². The molecule has 1 N–H and O–H groups in total. The smallest absolute Gasteiger partial charge is 0.149 e. The molecule has 0 saturated carbocycles. The molecule has 2 rings (SSSR count). The molecule has 0 radical (unpaired) electrons. The third-order valence-corrected chi connectivity index (χ3v) is 2.99. The summed E-state index contributed by atoms with van der Waals surface area (Å²) in [5.41, 5.74) is 2.06. The zero-order valence-electron chi connectivity index (χ0n) is 8.69. The van der Waals surface area contributed by atoms with Gasteiger partial charge in [0.1, 0.15) is 10.0 Å². The van der Waals surface area contributed by atoms with Gasteiger partial charge in [-0.25, -0.2) is 0 Å². The molecule has 2 aromatic heterocycles. The maximum absolute atomic E-state index is 4.23. The van der Waals surface area contributed by atoms with E-state index in [1.165, 1.54) is 0 Å². The number of nitrogens with one attached hydrogen (secondary N) is 1. The van der Waals surface area contributed by atoms with E-state index in [1.807, 2.05) is 26.1 Å². The number of pyridine rings is 1. The van der Waals surface area contributed by atoms with Gasteiger partial charge in [-0.1, -0.05) is 11.3 Å². The summed E-state index contributed by atoms with van der Waals surface area (Å²) in [5.74, 6) is 0. The van der Waals surface area contributed by atoms with Gasteiger partial charge >= 0.3 is 0 Å². The van der Waals surface area contributed by atoms with Crippen molar-refractivity contribution in [2.45, 2.75) is 13.5 Å². The van der Waals surface area contributed by atoms with Crippen LogP contribution in [0.4, 0.5) is 0 Å². The molecule has 2 heterocycles. The van der Waals surface area contributed by atoms with Gasteiger partial charge in [-0.05, 0) is 26.1 Å². The average molecular weight is 220 g/mol. The molecule has 0 aliphatic rings. The molecule has 4 nitrogen and oxygen atoms in total. The molecule has 78 valence electrons. The standard InChI is InChI=1S/C10H12N4S/c1-7-8(4-3-5-12-7)10-14-13-9(15-10)6-11-2/h3-5,11H,6H2,1-2H3. The van der Waals surface area contributed by atoms with Gasteiger partial charge in [0.2, 0.25) is 0 Å². The molecule has 0 aliphatic heterocycles. The monoisotopic (exact) mass is 220 g/mol. The summed E-state index contributed by atoms with van der Waals surface area (Å²) in [5, 5.41) is 13.2. The van der Waals surface area contributed by atoms with Gasteiger partial charge in [0.05, 0.1) is 0 Å². The third kappa shape index (κ3) is 2.19. The molecule has 0 aliphatic carbocycles. The Labute approximate surface area is 92.4 Å². The number of hydrogen-bond acceptors (Lipinski definition) is 5. The Balaban J connectivity index is 2.33. The minimum absolute atomic E-state index is 0.761. The van der Waals surface area contributed by atoms with E-state index >= 15 is 0 Å². The van der Waals surface area contributed by atoms with Crippen molar-refractivity contribution in [3.05, 3.63) is 29.0 Å². The fourth-order valence-corrected chi connectivity index (χ4v) is 2.22. The molecule has 0 unspecified atom stereocenters. The summed E-state index contributed by atoms with van der Waals surface area (Å²) < 4.78 is 0. The van der Waals surface area contributed by atoms with E-state index in [2.05, 4.69) is 20.5 Å². The summed E-state index contributed by atoms with van der Waals surface area (Å²) >= 11 is 1.60. The van der Waals surface area contributed by atoms with Crippen LogP contribution in [0.3, 0.4) is 0 Å².